The Morgan fingerprint density at radius 1 is 1.32 bits per heavy atom. The molecule has 0 radical (unpaired) electrons. The minimum Gasteiger partial charge on any atom is -0.497 e. The standard InChI is InChI=1S/C17H20N2O6/c1-3-24-9-15(20)19-13(17(18)22)6-10-7-16(21)25-14-8-11(23-2)4-5-12(10)14/h4-5,7-8,13H,3,6,9H2,1-2H3,(H2,18,22)(H,19,20)/t13-/m1/s1. The van der Waals surface area contributed by atoms with Gasteiger partial charge >= 0.3 is 5.63 Å². The second kappa shape index (κ2) is 8.29. The lowest BCUT2D eigenvalue weighted by molar-refractivity contribution is -0.130. The summed E-state index contributed by atoms with van der Waals surface area (Å²) in [6.07, 6.45) is 0.0572. The smallest absolute Gasteiger partial charge is 0.336 e. The molecular formula is C17H20N2O6. The topological polar surface area (TPSA) is 121 Å². The summed E-state index contributed by atoms with van der Waals surface area (Å²) in [5.41, 5.74) is 5.66. The zero-order valence-corrected chi connectivity index (χ0v) is 14.0. The maximum Gasteiger partial charge on any atom is 0.336 e. The van der Waals surface area contributed by atoms with Crippen molar-refractivity contribution in [3.05, 3.63) is 40.2 Å². The fourth-order valence-electron chi connectivity index (χ4n) is 2.38. The van der Waals surface area contributed by atoms with Gasteiger partial charge in [-0.05, 0) is 24.6 Å². The van der Waals surface area contributed by atoms with Crippen molar-refractivity contribution in [1.82, 2.24) is 5.32 Å². The van der Waals surface area contributed by atoms with E-state index >= 15 is 0 Å². The van der Waals surface area contributed by atoms with E-state index in [-0.39, 0.29) is 13.0 Å². The number of rotatable bonds is 8. The Labute approximate surface area is 143 Å². The molecule has 2 rings (SSSR count). The van der Waals surface area contributed by atoms with Gasteiger partial charge in [-0.15, -0.1) is 0 Å². The fraction of sp³-hybridized carbons (Fsp3) is 0.353. The third-order valence-electron chi connectivity index (χ3n) is 3.58. The molecule has 0 saturated carbocycles. The Hall–Kier alpha value is -2.87. The van der Waals surface area contributed by atoms with Crippen LogP contribution < -0.4 is 21.4 Å². The number of hydrogen-bond acceptors (Lipinski definition) is 6. The highest BCUT2D eigenvalue weighted by Crippen LogP contribution is 2.23. The van der Waals surface area contributed by atoms with Crippen LogP contribution in [0.3, 0.4) is 0 Å². The Morgan fingerprint density at radius 3 is 2.72 bits per heavy atom. The number of nitrogens with one attached hydrogen (secondary N) is 1. The molecule has 25 heavy (non-hydrogen) atoms. The average molecular weight is 348 g/mol. The minimum absolute atomic E-state index is 0.0572. The number of primary amides is 1. The van der Waals surface area contributed by atoms with Crippen LogP contribution in [0.5, 0.6) is 5.75 Å². The summed E-state index contributed by atoms with van der Waals surface area (Å²) in [6.45, 7) is 1.96. The van der Waals surface area contributed by atoms with Crippen LogP contribution in [0, 0.1) is 0 Å². The van der Waals surface area contributed by atoms with E-state index in [2.05, 4.69) is 5.32 Å². The van der Waals surface area contributed by atoms with E-state index in [9.17, 15) is 14.4 Å². The lowest BCUT2D eigenvalue weighted by Crippen LogP contribution is -2.47. The van der Waals surface area contributed by atoms with E-state index in [1.54, 1.807) is 25.1 Å². The Morgan fingerprint density at radius 2 is 2.08 bits per heavy atom. The van der Waals surface area contributed by atoms with Gasteiger partial charge in [-0.25, -0.2) is 4.79 Å². The quantitative estimate of drug-likeness (QED) is 0.664. The van der Waals surface area contributed by atoms with Gasteiger partial charge in [0, 0.05) is 30.5 Å². The summed E-state index contributed by atoms with van der Waals surface area (Å²) in [5, 5.41) is 3.14. The van der Waals surface area contributed by atoms with E-state index in [1.165, 1.54) is 13.2 Å². The predicted octanol–water partition coefficient (Wildman–Crippen LogP) is 0.351. The summed E-state index contributed by atoms with van der Waals surface area (Å²) in [5.74, 6) is -0.636. The Balaban J connectivity index is 2.31. The number of fused-ring (bicyclic) bond motifs is 1. The molecule has 0 aliphatic heterocycles. The molecule has 0 bridgehead atoms. The molecule has 2 amide bonds. The van der Waals surface area contributed by atoms with Gasteiger partial charge in [0.25, 0.3) is 0 Å². The van der Waals surface area contributed by atoms with Crippen molar-refractivity contribution in [1.29, 1.82) is 0 Å². The fourth-order valence-corrected chi connectivity index (χ4v) is 2.38. The number of ether oxygens (including phenoxy) is 2. The van der Waals surface area contributed by atoms with Crippen molar-refractivity contribution in [2.75, 3.05) is 20.3 Å². The van der Waals surface area contributed by atoms with Crippen LogP contribution in [-0.4, -0.2) is 38.2 Å². The van der Waals surface area contributed by atoms with E-state index in [0.717, 1.165) is 0 Å². The van der Waals surface area contributed by atoms with Gasteiger partial charge in [-0.3, -0.25) is 9.59 Å². The molecule has 0 saturated heterocycles. The summed E-state index contributed by atoms with van der Waals surface area (Å²) in [7, 11) is 1.50. The van der Waals surface area contributed by atoms with E-state index < -0.39 is 23.5 Å². The van der Waals surface area contributed by atoms with Gasteiger partial charge in [0.2, 0.25) is 11.8 Å². The highest BCUT2D eigenvalue weighted by Gasteiger charge is 2.20. The number of amides is 2. The number of nitrogens with two attached hydrogens (primary N) is 1. The van der Waals surface area contributed by atoms with Crippen molar-refractivity contribution in [2.24, 2.45) is 5.73 Å². The Kier molecular flexibility index (Phi) is 6.13. The number of carbonyl (C=O) groups excluding carboxylic acids is 2. The lowest BCUT2D eigenvalue weighted by atomic mass is 10.0. The summed E-state index contributed by atoms with van der Waals surface area (Å²) < 4.78 is 15.3. The molecule has 134 valence electrons. The van der Waals surface area contributed by atoms with Gasteiger partial charge in [0.05, 0.1) is 7.11 Å². The number of benzene rings is 1. The minimum atomic E-state index is -0.972. The molecule has 8 nitrogen and oxygen atoms in total. The van der Waals surface area contributed by atoms with Gasteiger partial charge in [-0.1, -0.05) is 0 Å². The van der Waals surface area contributed by atoms with Crippen LogP contribution in [0.4, 0.5) is 0 Å². The second-order valence-corrected chi connectivity index (χ2v) is 5.32. The van der Waals surface area contributed by atoms with Crippen molar-refractivity contribution in [2.45, 2.75) is 19.4 Å². The third-order valence-corrected chi connectivity index (χ3v) is 3.58. The van der Waals surface area contributed by atoms with Crippen LogP contribution in [-0.2, 0) is 20.7 Å². The molecule has 0 fully saturated rings. The third kappa shape index (κ3) is 4.80. The molecule has 0 spiro atoms. The van der Waals surface area contributed by atoms with Gasteiger partial charge < -0.3 is 24.9 Å². The normalized spacial score (nSPS) is 11.9. The predicted molar refractivity (Wildman–Crippen MR) is 90.4 cm³/mol. The zero-order chi connectivity index (χ0) is 18.4. The monoisotopic (exact) mass is 348 g/mol. The number of hydrogen-bond donors (Lipinski definition) is 2. The Bertz CT molecular complexity index is 829. The van der Waals surface area contributed by atoms with Crippen LogP contribution in [0.25, 0.3) is 11.0 Å². The largest absolute Gasteiger partial charge is 0.497 e. The molecule has 0 aliphatic carbocycles. The first-order chi connectivity index (χ1) is 11.9. The molecule has 2 aromatic rings. The first-order valence-corrected chi connectivity index (χ1v) is 7.71. The SMILES string of the molecule is CCOCC(=O)N[C@H](Cc1cc(=O)oc2cc(OC)ccc12)C(N)=O. The zero-order valence-electron chi connectivity index (χ0n) is 14.0. The van der Waals surface area contributed by atoms with Gasteiger partial charge in [0.1, 0.15) is 24.0 Å². The first kappa shape index (κ1) is 18.5. The van der Waals surface area contributed by atoms with E-state index in [1.807, 2.05) is 0 Å². The summed E-state index contributed by atoms with van der Waals surface area (Å²) >= 11 is 0. The number of methoxy groups -OCH3 is 1. The summed E-state index contributed by atoms with van der Waals surface area (Å²) in [6, 6.07) is 5.30. The highest BCUT2D eigenvalue weighted by molar-refractivity contribution is 5.88. The molecule has 8 heteroatoms. The van der Waals surface area contributed by atoms with Gasteiger partial charge in [-0.2, -0.15) is 0 Å². The molecule has 1 heterocycles. The maximum atomic E-state index is 11.8. The molecule has 0 aliphatic rings. The second-order valence-electron chi connectivity index (χ2n) is 5.32. The molecule has 0 unspecified atom stereocenters. The van der Waals surface area contributed by atoms with Gasteiger partial charge in [0.15, 0.2) is 0 Å². The molecule has 1 atom stereocenters. The van der Waals surface area contributed by atoms with E-state index in [0.29, 0.717) is 28.9 Å². The van der Waals surface area contributed by atoms with E-state index in [4.69, 9.17) is 19.6 Å². The van der Waals surface area contributed by atoms with Crippen molar-refractivity contribution in [3.8, 4) is 5.75 Å². The van der Waals surface area contributed by atoms with Crippen molar-refractivity contribution >= 4 is 22.8 Å². The summed E-state index contributed by atoms with van der Waals surface area (Å²) in [4.78, 5) is 35.2. The van der Waals surface area contributed by atoms with Crippen molar-refractivity contribution < 1.29 is 23.5 Å². The molecule has 1 aromatic carbocycles. The highest BCUT2D eigenvalue weighted by atomic mass is 16.5. The lowest BCUT2D eigenvalue weighted by Gasteiger charge is -2.16. The first-order valence-electron chi connectivity index (χ1n) is 7.71. The van der Waals surface area contributed by atoms with Crippen LogP contribution >= 0.6 is 0 Å². The molecule has 1 aromatic heterocycles. The van der Waals surface area contributed by atoms with Crippen molar-refractivity contribution in [3.63, 3.8) is 0 Å². The maximum absolute atomic E-state index is 11.8. The molecular weight excluding hydrogens is 328 g/mol. The van der Waals surface area contributed by atoms with Crippen LogP contribution in [0.1, 0.15) is 12.5 Å². The average Bonchev–Trinajstić information content (AvgIpc) is 2.58. The number of carbonyl (C=O) groups is 2. The van der Waals surface area contributed by atoms with Crippen LogP contribution in [0.2, 0.25) is 0 Å². The van der Waals surface area contributed by atoms with Crippen LogP contribution in [0.15, 0.2) is 33.5 Å². The molecule has 3 N–H and O–H groups in total.